The highest BCUT2D eigenvalue weighted by atomic mass is 19.1. The van der Waals surface area contributed by atoms with E-state index in [0.29, 0.717) is 46.6 Å². The molecule has 1 aliphatic carbocycles. The van der Waals surface area contributed by atoms with Crippen LogP contribution in [0.2, 0.25) is 0 Å². The van der Waals surface area contributed by atoms with Crippen molar-refractivity contribution >= 4 is 23.3 Å². The highest BCUT2D eigenvalue weighted by molar-refractivity contribution is 5.97. The van der Waals surface area contributed by atoms with Gasteiger partial charge in [0.25, 0.3) is 11.8 Å². The van der Waals surface area contributed by atoms with Gasteiger partial charge in [0.15, 0.2) is 11.5 Å². The monoisotopic (exact) mass is 534 g/mol. The Morgan fingerprint density at radius 3 is 2.77 bits per heavy atom. The van der Waals surface area contributed by atoms with Gasteiger partial charge < -0.3 is 24.8 Å². The minimum atomic E-state index is -0.489. The van der Waals surface area contributed by atoms with Crippen LogP contribution in [0.25, 0.3) is 16.9 Å². The molecular formula is C27H27FN6O5. The van der Waals surface area contributed by atoms with Gasteiger partial charge in [-0.05, 0) is 55.2 Å². The van der Waals surface area contributed by atoms with Gasteiger partial charge in [0.05, 0.1) is 25.6 Å². The molecule has 0 spiro atoms. The minimum Gasteiger partial charge on any atom is -0.493 e. The van der Waals surface area contributed by atoms with E-state index < -0.39 is 11.7 Å². The molecule has 2 amide bonds. The first-order chi connectivity index (χ1) is 18.9. The van der Waals surface area contributed by atoms with Crippen LogP contribution in [0, 0.1) is 11.7 Å². The van der Waals surface area contributed by atoms with Crippen molar-refractivity contribution in [3.8, 4) is 22.9 Å². The van der Waals surface area contributed by atoms with Crippen molar-refractivity contribution < 1.29 is 28.2 Å². The average Bonchev–Trinajstić information content (AvgIpc) is 3.69. The first-order valence-corrected chi connectivity index (χ1v) is 12.3. The molecule has 0 radical (unpaired) electrons. The van der Waals surface area contributed by atoms with Gasteiger partial charge in [-0.25, -0.2) is 18.9 Å². The van der Waals surface area contributed by atoms with Crippen molar-refractivity contribution in [1.29, 1.82) is 0 Å². The number of ether oxygens (including phenoxy) is 3. The van der Waals surface area contributed by atoms with Gasteiger partial charge in [-0.2, -0.15) is 5.10 Å². The molecule has 0 saturated heterocycles. The summed E-state index contributed by atoms with van der Waals surface area (Å²) in [5.74, 6) is 0.303. The van der Waals surface area contributed by atoms with Crippen LogP contribution < -0.4 is 20.1 Å². The molecule has 1 aliphatic rings. The summed E-state index contributed by atoms with van der Waals surface area (Å²) >= 11 is 0. The zero-order chi connectivity index (χ0) is 27.4. The lowest BCUT2D eigenvalue weighted by Gasteiger charge is -2.12. The fraction of sp³-hybridized carbons (Fsp3) is 0.296. The van der Waals surface area contributed by atoms with Crippen LogP contribution in [0.5, 0.6) is 11.6 Å². The molecule has 12 heteroatoms. The Hall–Kier alpha value is -4.58. The zero-order valence-electron chi connectivity index (χ0n) is 21.4. The summed E-state index contributed by atoms with van der Waals surface area (Å²) in [5, 5.41) is 9.88. The van der Waals surface area contributed by atoms with E-state index in [4.69, 9.17) is 14.2 Å². The van der Waals surface area contributed by atoms with Crippen molar-refractivity contribution in [2.75, 3.05) is 32.8 Å². The van der Waals surface area contributed by atoms with Gasteiger partial charge in [-0.3, -0.25) is 9.59 Å². The van der Waals surface area contributed by atoms with Crippen LogP contribution >= 0.6 is 0 Å². The Morgan fingerprint density at radius 1 is 1.15 bits per heavy atom. The summed E-state index contributed by atoms with van der Waals surface area (Å²) in [6.45, 7) is 0.465. The van der Waals surface area contributed by atoms with E-state index in [1.54, 1.807) is 36.5 Å². The number of methoxy groups -OCH3 is 2. The van der Waals surface area contributed by atoms with Crippen molar-refractivity contribution in [3.63, 3.8) is 0 Å². The van der Waals surface area contributed by atoms with Crippen molar-refractivity contribution in [2.24, 2.45) is 5.92 Å². The average molecular weight is 535 g/mol. The number of imidazole rings is 1. The summed E-state index contributed by atoms with van der Waals surface area (Å²) in [6.07, 6.45) is 5.40. The summed E-state index contributed by atoms with van der Waals surface area (Å²) in [4.78, 5) is 33.5. The molecule has 202 valence electrons. The number of fused-ring (bicyclic) bond motifs is 1. The zero-order valence-corrected chi connectivity index (χ0v) is 21.4. The number of carbonyl (C=O) groups excluding carboxylic acids is 2. The first-order valence-electron chi connectivity index (χ1n) is 12.3. The molecule has 2 N–H and O–H groups in total. The normalized spacial score (nSPS) is 12.8. The Bertz CT molecular complexity index is 1520. The molecule has 39 heavy (non-hydrogen) atoms. The lowest BCUT2D eigenvalue weighted by atomic mass is 10.1. The SMILES string of the molecule is COCC(=O)Nc1cn2nc(-c3cnc(OC)c(C(=O)NCc4cc(OCC5CC5)ccc4F)c3)ccc2n1. The third-order valence-electron chi connectivity index (χ3n) is 6.09. The number of amides is 2. The number of halogens is 1. The molecule has 0 atom stereocenters. The maximum absolute atomic E-state index is 14.4. The number of carbonyl (C=O) groups is 2. The standard InChI is InChI=1S/C27H27FN6O5/c1-37-15-25(35)32-23-13-34-24(31-23)8-7-22(33-34)18-10-20(27(38-2)30-12-18)26(36)29-11-17-9-19(5-6-21(17)28)39-14-16-3-4-16/h5-10,12-13,16H,3-4,11,14-15H2,1-2H3,(H,29,36)(H,32,35). The third kappa shape index (κ3) is 6.29. The van der Waals surface area contributed by atoms with Crippen LogP contribution in [0.15, 0.2) is 48.8 Å². The lowest BCUT2D eigenvalue weighted by molar-refractivity contribution is -0.119. The predicted octanol–water partition coefficient (Wildman–Crippen LogP) is 3.24. The molecule has 0 aliphatic heterocycles. The third-order valence-corrected chi connectivity index (χ3v) is 6.09. The molecule has 3 heterocycles. The van der Waals surface area contributed by atoms with Gasteiger partial charge in [0.2, 0.25) is 5.88 Å². The van der Waals surface area contributed by atoms with Gasteiger partial charge in [0.1, 0.15) is 23.7 Å². The second kappa shape index (κ2) is 11.4. The highest BCUT2D eigenvalue weighted by Gasteiger charge is 2.22. The molecule has 1 fully saturated rings. The van der Waals surface area contributed by atoms with Crippen LogP contribution in [0.3, 0.4) is 0 Å². The van der Waals surface area contributed by atoms with Crippen LogP contribution in [0.4, 0.5) is 10.2 Å². The van der Waals surface area contributed by atoms with E-state index in [1.807, 2.05) is 0 Å². The van der Waals surface area contributed by atoms with E-state index in [0.717, 1.165) is 12.8 Å². The Labute approximate surface area is 223 Å². The first kappa shape index (κ1) is 26.0. The van der Waals surface area contributed by atoms with E-state index in [9.17, 15) is 14.0 Å². The second-order valence-corrected chi connectivity index (χ2v) is 9.10. The number of hydrogen-bond acceptors (Lipinski definition) is 8. The van der Waals surface area contributed by atoms with Gasteiger partial charge in [0, 0.05) is 31.0 Å². The van der Waals surface area contributed by atoms with Crippen molar-refractivity contribution in [1.82, 2.24) is 24.9 Å². The summed E-state index contributed by atoms with van der Waals surface area (Å²) in [7, 11) is 2.84. The molecule has 0 bridgehead atoms. The summed E-state index contributed by atoms with van der Waals surface area (Å²) < 4.78 is 31.8. The largest absolute Gasteiger partial charge is 0.493 e. The van der Waals surface area contributed by atoms with E-state index in [1.165, 1.54) is 31.0 Å². The highest BCUT2D eigenvalue weighted by Crippen LogP contribution is 2.30. The number of benzene rings is 1. The number of hydrogen-bond donors (Lipinski definition) is 2. The quantitative estimate of drug-likeness (QED) is 0.300. The van der Waals surface area contributed by atoms with Crippen LogP contribution in [-0.4, -0.2) is 58.8 Å². The Balaban J connectivity index is 1.32. The maximum atomic E-state index is 14.4. The predicted molar refractivity (Wildman–Crippen MR) is 139 cm³/mol. The molecule has 3 aromatic heterocycles. The van der Waals surface area contributed by atoms with Gasteiger partial charge in [-0.1, -0.05) is 0 Å². The molecule has 4 aromatic rings. The number of anilines is 1. The number of aromatic nitrogens is 4. The van der Waals surface area contributed by atoms with E-state index in [2.05, 4.69) is 25.7 Å². The number of nitrogens with zero attached hydrogens (tertiary/aromatic N) is 4. The topological polar surface area (TPSA) is 129 Å². The van der Waals surface area contributed by atoms with Crippen molar-refractivity contribution in [2.45, 2.75) is 19.4 Å². The molecule has 5 rings (SSSR count). The molecular weight excluding hydrogens is 507 g/mol. The number of rotatable bonds is 11. The molecule has 1 aromatic carbocycles. The molecule has 0 unspecified atom stereocenters. The maximum Gasteiger partial charge on any atom is 0.257 e. The van der Waals surface area contributed by atoms with E-state index in [-0.39, 0.29) is 30.5 Å². The minimum absolute atomic E-state index is 0.0461. The van der Waals surface area contributed by atoms with Gasteiger partial charge >= 0.3 is 0 Å². The van der Waals surface area contributed by atoms with Crippen molar-refractivity contribution in [3.05, 3.63) is 65.7 Å². The molecule has 1 saturated carbocycles. The second-order valence-electron chi connectivity index (χ2n) is 9.10. The molecule has 11 nitrogen and oxygen atoms in total. The smallest absolute Gasteiger partial charge is 0.257 e. The summed E-state index contributed by atoms with van der Waals surface area (Å²) in [5.41, 5.74) is 2.03. The Morgan fingerprint density at radius 2 is 2.00 bits per heavy atom. The van der Waals surface area contributed by atoms with Crippen LogP contribution in [0.1, 0.15) is 28.8 Å². The fourth-order valence-corrected chi connectivity index (χ4v) is 3.87. The lowest BCUT2D eigenvalue weighted by Crippen LogP contribution is -2.24. The van der Waals surface area contributed by atoms with E-state index >= 15 is 0 Å². The Kier molecular flexibility index (Phi) is 7.64. The summed E-state index contributed by atoms with van der Waals surface area (Å²) in [6, 6.07) is 9.55. The number of pyridine rings is 1. The number of nitrogens with one attached hydrogen (secondary N) is 2. The van der Waals surface area contributed by atoms with Gasteiger partial charge in [-0.15, -0.1) is 0 Å². The fourth-order valence-electron chi connectivity index (χ4n) is 3.87. The van der Waals surface area contributed by atoms with Crippen LogP contribution in [-0.2, 0) is 16.1 Å².